The number of likely N-dealkylation sites (N-methyl/N-ethyl adjacent to an activating group) is 1. The molecule has 0 aliphatic carbocycles. The highest BCUT2D eigenvalue weighted by atomic mass is 32.2. The SMILES string of the molecule is CN1SNC(CCN2C(=O)CCCC2=O)=C1C(=O)O. The molecule has 1 fully saturated rings. The number of imide groups is 1. The molecule has 7 nitrogen and oxygen atoms in total. The van der Waals surface area contributed by atoms with Gasteiger partial charge in [-0.3, -0.25) is 18.8 Å². The molecule has 0 spiro atoms. The highest BCUT2D eigenvalue weighted by Gasteiger charge is 2.29. The molecule has 8 heteroatoms. The van der Waals surface area contributed by atoms with Crippen molar-refractivity contribution in [1.29, 1.82) is 0 Å². The third-order valence-electron chi connectivity index (χ3n) is 3.08. The van der Waals surface area contributed by atoms with E-state index in [0.29, 0.717) is 31.4 Å². The fourth-order valence-electron chi connectivity index (χ4n) is 2.11. The summed E-state index contributed by atoms with van der Waals surface area (Å²) in [7, 11) is 1.64. The van der Waals surface area contributed by atoms with Crippen LogP contribution >= 0.6 is 12.1 Å². The molecule has 0 aromatic carbocycles. The second kappa shape index (κ2) is 5.52. The van der Waals surface area contributed by atoms with Gasteiger partial charge in [0.1, 0.15) is 0 Å². The molecule has 2 aliphatic rings. The molecule has 0 radical (unpaired) electrons. The second-order valence-electron chi connectivity index (χ2n) is 4.37. The minimum atomic E-state index is -1.02. The number of nitrogens with one attached hydrogen (secondary N) is 1. The lowest BCUT2D eigenvalue weighted by Crippen LogP contribution is -2.41. The van der Waals surface area contributed by atoms with Crippen LogP contribution < -0.4 is 4.72 Å². The largest absolute Gasteiger partial charge is 0.476 e. The summed E-state index contributed by atoms with van der Waals surface area (Å²) in [6.45, 7) is 0.227. The van der Waals surface area contributed by atoms with Crippen LogP contribution in [0.1, 0.15) is 25.7 Å². The number of hydrogen-bond acceptors (Lipinski definition) is 6. The minimum absolute atomic E-state index is 0.168. The van der Waals surface area contributed by atoms with Gasteiger partial charge in [-0.05, 0) is 6.42 Å². The van der Waals surface area contributed by atoms with Crippen molar-refractivity contribution in [3.05, 3.63) is 11.4 Å². The van der Waals surface area contributed by atoms with Crippen molar-refractivity contribution in [2.45, 2.75) is 25.7 Å². The van der Waals surface area contributed by atoms with Crippen LogP contribution in [0.25, 0.3) is 0 Å². The molecule has 0 atom stereocenters. The third-order valence-corrected chi connectivity index (χ3v) is 3.87. The fourth-order valence-corrected chi connectivity index (χ4v) is 2.84. The van der Waals surface area contributed by atoms with Gasteiger partial charge >= 0.3 is 5.97 Å². The lowest BCUT2D eigenvalue weighted by Gasteiger charge is -2.24. The van der Waals surface area contributed by atoms with Crippen molar-refractivity contribution in [3.8, 4) is 0 Å². The van der Waals surface area contributed by atoms with Gasteiger partial charge in [0.25, 0.3) is 0 Å². The van der Waals surface area contributed by atoms with Gasteiger partial charge < -0.3 is 9.83 Å². The highest BCUT2D eigenvalue weighted by Crippen LogP contribution is 2.26. The molecule has 2 rings (SSSR count). The van der Waals surface area contributed by atoms with Gasteiger partial charge in [-0.1, -0.05) is 0 Å². The first kappa shape index (κ1) is 13.7. The van der Waals surface area contributed by atoms with Crippen molar-refractivity contribution in [1.82, 2.24) is 13.9 Å². The Morgan fingerprint density at radius 3 is 2.58 bits per heavy atom. The van der Waals surface area contributed by atoms with Gasteiger partial charge in [0.15, 0.2) is 5.70 Å². The van der Waals surface area contributed by atoms with Crippen LogP contribution in [0.2, 0.25) is 0 Å². The zero-order valence-electron chi connectivity index (χ0n) is 10.5. The second-order valence-corrected chi connectivity index (χ2v) is 5.30. The van der Waals surface area contributed by atoms with E-state index in [1.807, 2.05) is 0 Å². The summed E-state index contributed by atoms with van der Waals surface area (Å²) in [6, 6.07) is 0. The van der Waals surface area contributed by atoms with Crippen LogP contribution in [-0.2, 0) is 14.4 Å². The average Bonchev–Trinajstić information content (AvgIpc) is 2.70. The first-order valence-corrected chi connectivity index (χ1v) is 6.74. The third kappa shape index (κ3) is 2.83. The molecule has 2 aliphatic heterocycles. The van der Waals surface area contributed by atoms with Crippen molar-refractivity contribution in [2.75, 3.05) is 13.6 Å². The van der Waals surface area contributed by atoms with E-state index in [-0.39, 0.29) is 24.1 Å². The summed E-state index contributed by atoms with van der Waals surface area (Å²) in [6.07, 6.45) is 1.71. The zero-order valence-corrected chi connectivity index (χ0v) is 11.3. The van der Waals surface area contributed by atoms with Gasteiger partial charge in [-0.15, -0.1) is 0 Å². The molecule has 2 N–H and O–H groups in total. The lowest BCUT2D eigenvalue weighted by molar-refractivity contribution is -0.147. The van der Waals surface area contributed by atoms with Gasteiger partial charge in [0.2, 0.25) is 11.8 Å². The smallest absolute Gasteiger partial charge is 0.354 e. The number of carbonyl (C=O) groups is 3. The highest BCUT2D eigenvalue weighted by molar-refractivity contribution is 7.95. The van der Waals surface area contributed by atoms with E-state index < -0.39 is 5.97 Å². The number of amides is 2. The normalized spacial score (nSPS) is 20.1. The first-order valence-electron chi connectivity index (χ1n) is 5.97. The minimum Gasteiger partial charge on any atom is -0.476 e. The number of rotatable bonds is 4. The number of piperidine rings is 1. The summed E-state index contributed by atoms with van der Waals surface area (Å²) < 4.78 is 4.41. The van der Waals surface area contributed by atoms with Crippen LogP contribution in [0.15, 0.2) is 11.4 Å². The van der Waals surface area contributed by atoms with Gasteiger partial charge in [-0.2, -0.15) is 0 Å². The predicted octanol–water partition coefficient (Wildman–Crippen LogP) is 0.310. The van der Waals surface area contributed by atoms with E-state index in [0.717, 1.165) is 0 Å². The lowest BCUT2D eigenvalue weighted by atomic mass is 10.1. The maximum atomic E-state index is 11.6. The standard InChI is InChI=1S/C11H15N3O4S/c1-13-10(11(17)18)7(12-19-13)5-6-14-8(15)3-2-4-9(14)16/h12H,2-6H2,1H3,(H,17,18). The van der Waals surface area contributed by atoms with Crippen molar-refractivity contribution >= 4 is 29.9 Å². The topological polar surface area (TPSA) is 90.0 Å². The van der Waals surface area contributed by atoms with E-state index in [4.69, 9.17) is 5.11 Å². The fraction of sp³-hybridized carbons (Fsp3) is 0.545. The summed E-state index contributed by atoms with van der Waals surface area (Å²) in [4.78, 5) is 35.6. The maximum Gasteiger partial charge on any atom is 0.354 e. The Kier molecular flexibility index (Phi) is 3.98. The molecular formula is C11H15N3O4S. The van der Waals surface area contributed by atoms with Crippen molar-refractivity contribution in [3.63, 3.8) is 0 Å². The molecule has 0 aromatic rings. The van der Waals surface area contributed by atoms with Crippen LogP contribution in [0, 0.1) is 0 Å². The Bertz CT molecular complexity index is 447. The van der Waals surface area contributed by atoms with E-state index >= 15 is 0 Å². The molecule has 0 saturated carbocycles. The van der Waals surface area contributed by atoms with Crippen LogP contribution in [0.4, 0.5) is 0 Å². The molecule has 19 heavy (non-hydrogen) atoms. The maximum absolute atomic E-state index is 11.6. The van der Waals surface area contributed by atoms with E-state index in [2.05, 4.69) is 4.72 Å². The summed E-state index contributed by atoms with van der Waals surface area (Å²) in [5.74, 6) is -1.37. The summed E-state index contributed by atoms with van der Waals surface area (Å²) >= 11 is 1.17. The van der Waals surface area contributed by atoms with Gasteiger partial charge in [0.05, 0.1) is 17.8 Å². The monoisotopic (exact) mass is 285 g/mol. The van der Waals surface area contributed by atoms with Crippen LogP contribution in [0.3, 0.4) is 0 Å². The number of carboxylic acids is 1. The molecule has 2 amide bonds. The number of aliphatic carboxylic acids is 1. The zero-order chi connectivity index (χ0) is 14.0. The quantitative estimate of drug-likeness (QED) is 0.567. The Labute approximate surface area is 114 Å². The van der Waals surface area contributed by atoms with Gasteiger partial charge in [0, 0.05) is 32.9 Å². The van der Waals surface area contributed by atoms with Crippen molar-refractivity contribution in [2.24, 2.45) is 0 Å². The Morgan fingerprint density at radius 2 is 2.00 bits per heavy atom. The Morgan fingerprint density at radius 1 is 1.37 bits per heavy atom. The van der Waals surface area contributed by atoms with Crippen LogP contribution in [0.5, 0.6) is 0 Å². The molecular weight excluding hydrogens is 270 g/mol. The molecule has 0 unspecified atom stereocenters. The number of nitrogens with zero attached hydrogens (tertiary/aromatic N) is 2. The number of carbonyl (C=O) groups excluding carboxylic acids is 2. The molecule has 2 heterocycles. The molecule has 104 valence electrons. The Hall–Kier alpha value is -1.70. The summed E-state index contributed by atoms with van der Waals surface area (Å²) in [5.41, 5.74) is 0.702. The molecule has 0 aromatic heterocycles. The van der Waals surface area contributed by atoms with E-state index in [9.17, 15) is 14.4 Å². The Balaban J connectivity index is 2.03. The summed E-state index contributed by atoms with van der Waals surface area (Å²) in [5, 5.41) is 9.09. The number of carboxylic acid groups (broad SMARTS) is 1. The predicted molar refractivity (Wildman–Crippen MR) is 68.3 cm³/mol. The first-order chi connectivity index (χ1) is 9.00. The number of likely N-dealkylation sites (tertiary alicyclic amines) is 1. The molecule has 1 saturated heterocycles. The van der Waals surface area contributed by atoms with E-state index in [1.54, 1.807) is 7.05 Å². The van der Waals surface area contributed by atoms with Crippen LogP contribution in [-0.4, -0.2) is 45.7 Å². The van der Waals surface area contributed by atoms with E-state index in [1.165, 1.54) is 21.3 Å². The van der Waals surface area contributed by atoms with Gasteiger partial charge in [-0.25, -0.2) is 4.79 Å². The van der Waals surface area contributed by atoms with Crippen molar-refractivity contribution < 1.29 is 19.5 Å². The molecule has 0 bridgehead atoms. The number of hydrogen-bond donors (Lipinski definition) is 2. The average molecular weight is 285 g/mol.